The standard InChI is InChI=1S/C10H15B2BrN2O/c1-11-7-4-8(9(14-3)15-5-7)10(13,6-16)12-2/h4-6,11-12H,1-3H3,(H,14,15). The Morgan fingerprint density at radius 3 is 2.69 bits per heavy atom. The fraction of sp³-hybridized carbons (Fsp3) is 0.400. The first-order chi connectivity index (χ1) is 7.61. The lowest BCUT2D eigenvalue weighted by atomic mass is 9.63. The fourth-order valence-corrected chi connectivity index (χ4v) is 1.86. The van der Waals surface area contributed by atoms with Gasteiger partial charge in [0.25, 0.3) is 0 Å². The first-order valence-corrected chi connectivity index (χ1v) is 6.23. The SMILES string of the molecule is CBc1cnc(NC)c(C(Br)(BC)C=O)c1. The Morgan fingerprint density at radius 2 is 2.25 bits per heavy atom. The van der Waals surface area contributed by atoms with Gasteiger partial charge in [0.15, 0.2) is 14.6 Å². The van der Waals surface area contributed by atoms with Crippen molar-refractivity contribution in [2.24, 2.45) is 0 Å². The van der Waals surface area contributed by atoms with Crippen molar-refractivity contribution in [3.8, 4) is 0 Å². The topological polar surface area (TPSA) is 42.0 Å². The number of anilines is 1. The molecule has 3 nitrogen and oxygen atoms in total. The number of hydrogen-bond donors (Lipinski definition) is 1. The van der Waals surface area contributed by atoms with Gasteiger partial charge in [-0.3, -0.25) is 0 Å². The van der Waals surface area contributed by atoms with E-state index in [4.69, 9.17) is 0 Å². The third-order valence-electron chi connectivity index (χ3n) is 2.74. The smallest absolute Gasteiger partial charge is 0.156 e. The van der Waals surface area contributed by atoms with Crippen molar-refractivity contribution in [3.63, 3.8) is 0 Å². The maximum Gasteiger partial charge on any atom is 0.156 e. The Kier molecular flexibility index (Phi) is 4.59. The summed E-state index contributed by atoms with van der Waals surface area (Å²) in [6.45, 7) is 4.05. The molecule has 1 rings (SSSR count). The van der Waals surface area contributed by atoms with Gasteiger partial charge in [0.2, 0.25) is 0 Å². The van der Waals surface area contributed by atoms with E-state index in [0.29, 0.717) is 7.28 Å². The molecule has 0 spiro atoms. The Hall–Kier alpha value is -0.770. The Bertz CT molecular complexity index is 389. The highest BCUT2D eigenvalue weighted by molar-refractivity contribution is 9.10. The van der Waals surface area contributed by atoms with Crippen LogP contribution in [0.15, 0.2) is 12.3 Å². The van der Waals surface area contributed by atoms with Crippen molar-refractivity contribution in [1.82, 2.24) is 4.98 Å². The van der Waals surface area contributed by atoms with Gasteiger partial charge in [-0.15, -0.1) is 0 Å². The van der Waals surface area contributed by atoms with Crippen molar-refractivity contribution < 1.29 is 4.79 Å². The average molecular weight is 281 g/mol. The summed E-state index contributed by atoms with van der Waals surface area (Å²) in [6, 6.07) is 2.03. The number of rotatable bonds is 5. The van der Waals surface area contributed by atoms with E-state index in [1.54, 1.807) is 0 Å². The van der Waals surface area contributed by atoms with E-state index in [9.17, 15) is 4.79 Å². The van der Waals surface area contributed by atoms with Gasteiger partial charge >= 0.3 is 0 Å². The number of nitrogens with one attached hydrogen (secondary N) is 1. The zero-order chi connectivity index (χ0) is 12.2. The molecule has 0 aliphatic heterocycles. The summed E-state index contributed by atoms with van der Waals surface area (Å²) in [6.07, 6.45) is 2.77. The number of nitrogens with zero attached hydrogens (tertiary/aromatic N) is 1. The van der Waals surface area contributed by atoms with Gasteiger partial charge in [0.05, 0.1) is 4.22 Å². The maximum absolute atomic E-state index is 11.2. The van der Waals surface area contributed by atoms with Crippen LogP contribution >= 0.6 is 15.9 Å². The van der Waals surface area contributed by atoms with Crippen LogP contribution < -0.4 is 10.8 Å². The minimum atomic E-state index is -0.635. The zero-order valence-electron chi connectivity index (χ0n) is 9.88. The molecule has 0 aromatic carbocycles. The van der Waals surface area contributed by atoms with Crippen LogP contribution in [0.5, 0.6) is 0 Å². The molecule has 1 aromatic rings. The van der Waals surface area contributed by atoms with E-state index < -0.39 is 4.22 Å². The van der Waals surface area contributed by atoms with Crippen LogP contribution in [0.25, 0.3) is 0 Å². The molecule has 6 heteroatoms. The van der Waals surface area contributed by atoms with Crippen LogP contribution in [0.4, 0.5) is 5.82 Å². The van der Waals surface area contributed by atoms with E-state index in [-0.39, 0.29) is 0 Å². The monoisotopic (exact) mass is 280 g/mol. The summed E-state index contributed by atoms with van der Waals surface area (Å²) in [4.78, 5) is 15.6. The molecule has 0 aliphatic carbocycles. The minimum Gasteiger partial charge on any atom is -0.373 e. The van der Waals surface area contributed by atoms with Crippen molar-refractivity contribution in [3.05, 3.63) is 17.8 Å². The summed E-state index contributed by atoms with van der Waals surface area (Å²) in [7, 11) is 3.42. The summed E-state index contributed by atoms with van der Waals surface area (Å²) >= 11 is 3.50. The Labute approximate surface area is 106 Å². The molecule has 0 amide bonds. The summed E-state index contributed by atoms with van der Waals surface area (Å²) in [5.74, 6) is 0.753. The number of aromatic nitrogens is 1. The lowest BCUT2D eigenvalue weighted by Crippen LogP contribution is -2.29. The van der Waals surface area contributed by atoms with E-state index in [2.05, 4.69) is 33.1 Å². The normalized spacial score (nSPS) is 13.8. The van der Waals surface area contributed by atoms with Gasteiger partial charge in [-0.05, 0) is 0 Å². The second kappa shape index (κ2) is 5.53. The molecule has 1 N–H and O–H groups in total. The highest BCUT2D eigenvalue weighted by Gasteiger charge is 2.30. The number of carbonyl (C=O) groups is 1. The van der Waals surface area contributed by atoms with Crippen molar-refractivity contribution in [1.29, 1.82) is 0 Å². The Balaban J connectivity index is 3.32. The number of hydrogen-bond acceptors (Lipinski definition) is 3. The molecule has 0 radical (unpaired) electrons. The predicted octanol–water partition coefficient (Wildman–Crippen LogP) is 0.464. The van der Waals surface area contributed by atoms with Crippen LogP contribution in [0, 0.1) is 0 Å². The highest BCUT2D eigenvalue weighted by Crippen LogP contribution is 2.31. The van der Waals surface area contributed by atoms with Gasteiger partial charge in [-0.1, -0.05) is 41.1 Å². The molecule has 0 saturated heterocycles. The number of alkyl halides is 1. The van der Waals surface area contributed by atoms with Crippen LogP contribution in [0.2, 0.25) is 13.6 Å². The summed E-state index contributed by atoms with van der Waals surface area (Å²) < 4.78 is -0.635. The molecule has 1 atom stereocenters. The largest absolute Gasteiger partial charge is 0.373 e. The predicted molar refractivity (Wildman–Crippen MR) is 76.1 cm³/mol. The summed E-state index contributed by atoms with van der Waals surface area (Å²) in [5.41, 5.74) is 2.04. The first-order valence-electron chi connectivity index (χ1n) is 5.43. The van der Waals surface area contributed by atoms with Gasteiger partial charge < -0.3 is 10.1 Å². The van der Waals surface area contributed by atoms with Crippen molar-refractivity contribution in [2.45, 2.75) is 17.9 Å². The molecule has 1 aromatic heterocycles. The molecule has 0 fully saturated rings. The average Bonchev–Trinajstić information content (AvgIpc) is 2.37. The molecule has 0 bridgehead atoms. The van der Waals surface area contributed by atoms with Crippen LogP contribution in [-0.2, 0) is 9.02 Å². The van der Waals surface area contributed by atoms with Gasteiger partial charge in [-0.25, -0.2) is 4.98 Å². The van der Waals surface area contributed by atoms with Crippen molar-refractivity contribution >= 4 is 48.1 Å². The number of carbonyl (C=O) groups excluding carboxylic acids is 1. The molecule has 1 heterocycles. The molecular formula is C10H15B2BrN2O. The molecular weight excluding hydrogens is 266 g/mol. The van der Waals surface area contributed by atoms with Gasteiger partial charge in [-0.2, -0.15) is 0 Å². The van der Waals surface area contributed by atoms with E-state index in [1.165, 1.54) is 0 Å². The molecule has 16 heavy (non-hydrogen) atoms. The van der Waals surface area contributed by atoms with E-state index in [1.807, 2.05) is 26.1 Å². The second-order valence-corrected chi connectivity index (χ2v) is 5.09. The maximum atomic E-state index is 11.2. The minimum absolute atomic E-state index is 0.635. The van der Waals surface area contributed by atoms with Gasteiger partial charge in [0.1, 0.15) is 12.1 Å². The molecule has 84 valence electrons. The molecule has 1 unspecified atom stereocenters. The van der Waals surface area contributed by atoms with Crippen LogP contribution in [-0.4, -0.2) is 32.9 Å². The lowest BCUT2D eigenvalue weighted by molar-refractivity contribution is -0.108. The molecule has 0 aliphatic rings. The van der Waals surface area contributed by atoms with Gasteiger partial charge in [0, 0.05) is 18.8 Å². The Morgan fingerprint density at radius 1 is 1.56 bits per heavy atom. The number of pyridine rings is 1. The van der Waals surface area contributed by atoms with Crippen molar-refractivity contribution in [2.75, 3.05) is 12.4 Å². The third-order valence-corrected chi connectivity index (χ3v) is 3.91. The quantitative estimate of drug-likeness (QED) is 0.484. The van der Waals surface area contributed by atoms with Crippen LogP contribution in [0.3, 0.4) is 0 Å². The summed E-state index contributed by atoms with van der Waals surface area (Å²) in [5, 5.41) is 3.02. The van der Waals surface area contributed by atoms with E-state index >= 15 is 0 Å². The lowest BCUT2D eigenvalue weighted by Gasteiger charge is -2.22. The van der Waals surface area contributed by atoms with Crippen LogP contribution in [0.1, 0.15) is 5.56 Å². The second-order valence-electron chi connectivity index (χ2n) is 3.68. The molecule has 0 saturated carbocycles. The van der Waals surface area contributed by atoms with E-state index in [0.717, 1.165) is 30.4 Å². The zero-order valence-corrected chi connectivity index (χ0v) is 11.5. The number of halogens is 1. The fourth-order valence-electron chi connectivity index (χ4n) is 1.55. The number of aldehydes is 1. The third kappa shape index (κ3) is 2.48. The highest BCUT2D eigenvalue weighted by atomic mass is 79.9. The first kappa shape index (κ1) is 13.3.